The van der Waals surface area contributed by atoms with E-state index in [0.717, 1.165) is 17.7 Å². The number of carbonyl (C=O) groups is 2. The molecule has 0 aliphatic carbocycles. The molecule has 0 saturated heterocycles. The Morgan fingerprint density at radius 2 is 1.92 bits per heavy atom. The van der Waals surface area contributed by atoms with Crippen LogP contribution >= 0.6 is 11.3 Å². The second-order valence-electron chi connectivity index (χ2n) is 11.0. The third kappa shape index (κ3) is 8.22. The van der Waals surface area contributed by atoms with Gasteiger partial charge in [0.25, 0.3) is 6.33 Å². The molecule has 12 nitrogen and oxygen atoms in total. The molecule has 252 valence electrons. The second-order valence-corrected chi connectivity index (χ2v) is 11.9. The minimum atomic E-state index is -0.877. The van der Waals surface area contributed by atoms with Crippen LogP contribution in [0.4, 0.5) is 24.2 Å². The number of hydrogen-bond donors (Lipinski definition) is 0. The van der Waals surface area contributed by atoms with E-state index in [1.165, 1.54) is 49.0 Å². The van der Waals surface area contributed by atoms with Gasteiger partial charge in [0.05, 0.1) is 29.4 Å². The summed E-state index contributed by atoms with van der Waals surface area (Å²) in [4.78, 5) is 34.7. The predicted molar refractivity (Wildman–Crippen MR) is 173 cm³/mol. The van der Waals surface area contributed by atoms with Crippen LogP contribution in [0.25, 0.3) is 11.3 Å². The smallest absolute Gasteiger partial charge is 0.438 e. The van der Waals surface area contributed by atoms with Crippen molar-refractivity contribution in [2.75, 3.05) is 19.1 Å². The van der Waals surface area contributed by atoms with Crippen molar-refractivity contribution in [2.45, 2.75) is 45.1 Å². The normalized spacial score (nSPS) is 12.8. The van der Waals surface area contributed by atoms with Crippen LogP contribution in [0.2, 0.25) is 0 Å². The molecule has 49 heavy (non-hydrogen) atoms. The third-order valence-corrected chi connectivity index (χ3v) is 8.87. The van der Waals surface area contributed by atoms with Gasteiger partial charge in [0.2, 0.25) is 12.6 Å². The van der Waals surface area contributed by atoms with Crippen LogP contribution < -0.4 is 9.47 Å². The summed E-state index contributed by atoms with van der Waals surface area (Å²) < 4.78 is 47.9. The molecule has 0 radical (unpaired) electrons. The summed E-state index contributed by atoms with van der Waals surface area (Å²) in [6.45, 7) is 3.52. The molecular formula is C34H32F2N7O5S+. The first-order chi connectivity index (χ1) is 23.6. The number of ether oxygens (including phenoxy) is 3. The van der Waals surface area contributed by atoms with Gasteiger partial charge < -0.3 is 14.2 Å². The summed E-state index contributed by atoms with van der Waals surface area (Å²) in [7, 11) is 2.66. The van der Waals surface area contributed by atoms with Gasteiger partial charge in [-0.3, -0.25) is 4.90 Å². The number of anilines is 1. The van der Waals surface area contributed by atoms with Gasteiger partial charge in [0.1, 0.15) is 30.6 Å². The van der Waals surface area contributed by atoms with Crippen molar-refractivity contribution in [3.05, 3.63) is 112 Å². The number of rotatable bonds is 11. The molecule has 3 atom stereocenters. The summed E-state index contributed by atoms with van der Waals surface area (Å²) in [6.07, 6.45) is 2.12. The van der Waals surface area contributed by atoms with Gasteiger partial charge in [0, 0.05) is 53.6 Å². The molecule has 5 aromatic rings. The molecule has 0 N–H and O–H groups in total. The highest BCUT2D eigenvalue weighted by atomic mass is 32.1. The molecule has 0 bridgehead atoms. The topological polar surface area (TPSA) is 136 Å². The predicted octanol–water partition coefficient (Wildman–Crippen LogP) is 6.50. The van der Waals surface area contributed by atoms with Crippen molar-refractivity contribution < 1.29 is 37.1 Å². The van der Waals surface area contributed by atoms with Gasteiger partial charge in [0.15, 0.2) is 0 Å². The number of nitriles is 1. The van der Waals surface area contributed by atoms with Crippen LogP contribution in [0.5, 0.6) is 0 Å². The first-order valence-electron chi connectivity index (χ1n) is 15.0. The number of hydrogen-bond acceptors (Lipinski definition) is 10. The number of carbonyl (C=O) groups excluding carboxylic acids is 2. The van der Waals surface area contributed by atoms with Crippen LogP contribution in [0.3, 0.4) is 0 Å². The average Bonchev–Trinajstić information content (AvgIpc) is 3.81. The van der Waals surface area contributed by atoms with E-state index in [1.54, 1.807) is 46.8 Å². The van der Waals surface area contributed by atoms with Crippen molar-refractivity contribution in [3.63, 3.8) is 0 Å². The standard InChI is InChI=1S/C34H32F2N7O5S/c1-21(32-40-30(18-49-32)24-9-7-23(15-37)8-10-24)28(27-14-26(35)11-12-29(27)36)16-43-20-42(19-39-43)22(2)48-33(44)41(3)31-25(6-5-13-38-31)17-47-34(45)46-4/h5-14,18-22,28H,16-17H2,1-4H3/q+1. The molecule has 0 aliphatic heterocycles. The zero-order valence-electron chi connectivity index (χ0n) is 27.0. The Labute approximate surface area is 284 Å². The number of thiazole rings is 1. The Hall–Kier alpha value is -5.75. The van der Waals surface area contributed by atoms with E-state index in [9.17, 15) is 14.0 Å². The van der Waals surface area contributed by atoms with Crippen molar-refractivity contribution in [1.82, 2.24) is 19.7 Å². The van der Waals surface area contributed by atoms with Crippen molar-refractivity contribution >= 4 is 29.4 Å². The van der Waals surface area contributed by atoms with E-state index in [1.807, 2.05) is 24.4 Å². The molecule has 3 heterocycles. The lowest BCUT2D eigenvalue weighted by Gasteiger charge is -2.22. The Morgan fingerprint density at radius 3 is 2.65 bits per heavy atom. The monoisotopic (exact) mass is 688 g/mol. The van der Waals surface area contributed by atoms with Crippen LogP contribution in [0.1, 0.15) is 53.6 Å². The maximum absolute atomic E-state index is 15.2. The molecule has 0 aliphatic rings. The Kier molecular flexibility index (Phi) is 10.9. The van der Waals surface area contributed by atoms with Crippen molar-refractivity contribution in [3.8, 4) is 17.3 Å². The number of halogens is 2. The number of aromatic nitrogens is 5. The van der Waals surface area contributed by atoms with E-state index in [0.29, 0.717) is 21.8 Å². The van der Waals surface area contributed by atoms with Crippen LogP contribution in [0.15, 0.2) is 78.8 Å². The van der Waals surface area contributed by atoms with Gasteiger partial charge in [-0.25, -0.2) is 28.3 Å². The quantitative estimate of drug-likeness (QED) is 0.113. The lowest BCUT2D eigenvalue weighted by molar-refractivity contribution is -0.753. The van der Waals surface area contributed by atoms with Gasteiger partial charge >= 0.3 is 12.2 Å². The molecule has 5 rings (SSSR count). The number of benzene rings is 2. The first kappa shape index (κ1) is 34.6. The van der Waals surface area contributed by atoms with Crippen molar-refractivity contribution in [2.24, 2.45) is 0 Å². The van der Waals surface area contributed by atoms with E-state index >= 15 is 4.39 Å². The maximum atomic E-state index is 15.2. The number of methoxy groups -OCH3 is 1. The molecule has 1 amide bonds. The molecule has 0 saturated carbocycles. The molecule has 0 spiro atoms. The minimum Gasteiger partial charge on any atom is -0.438 e. The molecule has 0 fully saturated rings. The summed E-state index contributed by atoms with van der Waals surface area (Å²) >= 11 is 1.41. The van der Waals surface area contributed by atoms with Crippen molar-refractivity contribution in [1.29, 1.82) is 5.26 Å². The van der Waals surface area contributed by atoms with E-state index < -0.39 is 36.0 Å². The second kappa shape index (κ2) is 15.4. The third-order valence-electron chi connectivity index (χ3n) is 7.83. The zero-order valence-corrected chi connectivity index (χ0v) is 27.8. The fraction of sp³-hybridized carbons (Fsp3) is 0.265. The highest BCUT2D eigenvalue weighted by Gasteiger charge is 2.30. The first-order valence-corrected chi connectivity index (χ1v) is 15.9. The number of pyridine rings is 1. The fourth-order valence-corrected chi connectivity index (χ4v) is 6.03. The number of nitrogens with zero attached hydrogens (tertiary/aromatic N) is 7. The highest BCUT2D eigenvalue weighted by Crippen LogP contribution is 2.38. The van der Waals surface area contributed by atoms with E-state index in [2.05, 4.69) is 20.9 Å². The zero-order chi connectivity index (χ0) is 35.1. The fourth-order valence-electron chi connectivity index (χ4n) is 5.08. The Balaban J connectivity index is 1.33. The maximum Gasteiger partial charge on any atom is 0.508 e. The lowest BCUT2D eigenvalue weighted by Crippen LogP contribution is -2.41. The van der Waals surface area contributed by atoms with Crippen LogP contribution in [-0.2, 0) is 27.4 Å². The minimum absolute atomic E-state index is 0.151. The lowest BCUT2D eigenvalue weighted by atomic mass is 9.87. The summed E-state index contributed by atoms with van der Waals surface area (Å²) in [5, 5.41) is 16.1. The molecular weight excluding hydrogens is 656 g/mol. The van der Waals surface area contributed by atoms with E-state index in [4.69, 9.17) is 19.7 Å². The van der Waals surface area contributed by atoms with Crippen LogP contribution in [-0.4, -0.2) is 46.2 Å². The van der Waals surface area contributed by atoms with Crippen LogP contribution in [0, 0.1) is 23.0 Å². The van der Waals surface area contributed by atoms with Gasteiger partial charge in [-0.1, -0.05) is 25.1 Å². The van der Waals surface area contributed by atoms with Gasteiger partial charge in [-0.05, 0) is 42.0 Å². The van der Waals surface area contributed by atoms with Gasteiger partial charge in [-0.2, -0.15) is 9.83 Å². The number of amides is 1. The highest BCUT2D eigenvalue weighted by molar-refractivity contribution is 7.10. The molecule has 3 unspecified atom stereocenters. The average molecular weight is 689 g/mol. The summed E-state index contributed by atoms with van der Waals surface area (Å²) in [5.41, 5.74) is 2.70. The SMILES string of the molecule is COC(=O)OCc1cccnc1N(C)C(=O)OC(C)[n+]1cnn(CC(c2cc(F)ccc2F)C(C)c2nc(-c3ccc(C#N)cc3)cs2)c1. The summed E-state index contributed by atoms with van der Waals surface area (Å²) in [5.74, 6) is -1.84. The van der Waals surface area contributed by atoms with E-state index in [-0.39, 0.29) is 30.5 Å². The Morgan fingerprint density at radius 1 is 1.14 bits per heavy atom. The Bertz CT molecular complexity index is 1980. The molecule has 2 aromatic carbocycles. The van der Waals surface area contributed by atoms with Gasteiger partial charge in [-0.15, -0.1) is 16.0 Å². The summed E-state index contributed by atoms with van der Waals surface area (Å²) in [6, 6.07) is 15.8. The molecule has 15 heteroatoms. The largest absolute Gasteiger partial charge is 0.508 e. The molecule has 3 aromatic heterocycles.